The van der Waals surface area contributed by atoms with Gasteiger partial charge in [0.25, 0.3) is 0 Å². The minimum Gasteiger partial charge on any atom is -0.481 e. The quantitative estimate of drug-likeness (QED) is 0.755. The molecule has 0 atom stereocenters. The van der Waals surface area contributed by atoms with Crippen molar-refractivity contribution >= 4 is 23.3 Å². The van der Waals surface area contributed by atoms with Gasteiger partial charge in [0.2, 0.25) is 0 Å². The summed E-state index contributed by atoms with van der Waals surface area (Å²) in [7, 11) is 0. The first kappa shape index (κ1) is 10.9. The molecule has 0 heterocycles. The van der Waals surface area contributed by atoms with E-state index in [0.717, 1.165) is 5.56 Å². The number of hydrogen-bond donors (Lipinski definition) is 2. The zero-order chi connectivity index (χ0) is 10.6. The van der Waals surface area contributed by atoms with Gasteiger partial charge in [0.05, 0.1) is 10.7 Å². The molecule has 0 aliphatic carbocycles. The Hall–Kier alpha value is -1.22. The van der Waals surface area contributed by atoms with E-state index < -0.39 is 5.97 Å². The third-order valence-corrected chi connectivity index (χ3v) is 2.41. The van der Waals surface area contributed by atoms with Crippen molar-refractivity contribution in [1.82, 2.24) is 0 Å². The first-order valence-corrected chi connectivity index (χ1v) is 4.73. The second kappa shape index (κ2) is 4.86. The second-order valence-corrected chi connectivity index (χ2v) is 3.45. The van der Waals surface area contributed by atoms with Crippen molar-refractivity contribution in [2.75, 3.05) is 5.73 Å². The largest absolute Gasteiger partial charge is 0.481 e. The van der Waals surface area contributed by atoms with Crippen LogP contribution in [-0.4, -0.2) is 11.1 Å². The van der Waals surface area contributed by atoms with Crippen molar-refractivity contribution < 1.29 is 9.90 Å². The Balaban J connectivity index is 2.59. The zero-order valence-corrected chi connectivity index (χ0v) is 8.42. The molecule has 0 fully saturated rings. The van der Waals surface area contributed by atoms with Gasteiger partial charge in [-0.2, -0.15) is 0 Å². The first-order chi connectivity index (χ1) is 6.61. The van der Waals surface area contributed by atoms with E-state index in [2.05, 4.69) is 0 Å². The van der Waals surface area contributed by atoms with Gasteiger partial charge in [0, 0.05) is 6.42 Å². The van der Waals surface area contributed by atoms with Crippen molar-refractivity contribution in [3.05, 3.63) is 28.8 Å². The number of aliphatic carboxylic acids is 1. The van der Waals surface area contributed by atoms with Gasteiger partial charge in [-0.25, -0.2) is 0 Å². The number of aryl methyl sites for hydroxylation is 1. The van der Waals surface area contributed by atoms with E-state index in [1.54, 1.807) is 6.07 Å². The highest BCUT2D eigenvalue weighted by Crippen LogP contribution is 2.24. The normalized spacial score (nSPS) is 10.1. The van der Waals surface area contributed by atoms with Crippen LogP contribution in [0.2, 0.25) is 5.02 Å². The van der Waals surface area contributed by atoms with Crippen LogP contribution in [-0.2, 0) is 11.2 Å². The molecular weight excluding hydrogens is 202 g/mol. The van der Waals surface area contributed by atoms with Gasteiger partial charge in [-0.1, -0.05) is 23.7 Å². The minimum atomic E-state index is -0.787. The molecule has 0 radical (unpaired) electrons. The van der Waals surface area contributed by atoms with Crippen molar-refractivity contribution in [3.8, 4) is 0 Å². The number of nitrogen functional groups attached to an aromatic ring is 1. The van der Waals surface area contributed by atoms with Crippen LogP contribution in [0.3, 0.4) is 0 Å². The molecule has 76 valence electrons. The van der Waals surface area contributed by atoms with E-state index >= 15 is 0 Å². The summed E-state index contributed by atoms with van der Waals surface area (Å²) in [5, 5.41) is 9.00. The number of carbonyl (C=O) groups is 1. The predicted molar refractivity (Wildman–Crippen MR) is 56.4 cm³/mol. The lowest BCUT2D eigenvalue weighted by atomic mass is 10.1. The van der Waals surface area contributed by atoms with E-state index in [1.807, 2.05) is 12.1 Å². The first-order valence-electron chi connectivity index (χ1n) is 4.36. The molecule has 14 heavy (non-hydrogen) atoms. The highest BCUT2D eigenvalue weighted by atomic mass is 35.5. The molecule has 1 aromatic rings. The molecule has 3 N–H and O–H groups in total. The van der Waals surface area contributed by atoms with Crippen LogP contribution < -0.4 is 5.73 Å². The van der Waals surface area contributed by atoms with Crippen LogP contribution in [0.25, 0.3) is 0 Å². The van der Waals surface area contributed by atoms with E-state index in [0.29, 0.717) is 23.6 Å². The molecule has 0 saturated carbocycles. The molecule has 0 aromatic heterocycles. The third-order valence-electron chi connectivity index (χ3n) is 1.95. The van der Waals surface area contributed by atoms with E-state index in [4.69, 9.17) is 22.4 Å². The molecule has 1 aromatic carbocycles. The number of anilines is 1. The van der Waals surface area contributed by atoms with Crippen molar-refractivity contribution in [3.63, 3.8) is 0 Å². The fraction of sp³-hybridized carbons (Fsp3) is 0.300. The van der Waals surface area contributed by atoms with Gasteiger partial charge in [0.1, 0.15) is 0 Å². The van der Waals surface area contributed by atoms with Gasteiger partial charge in [-0.3, -0.25) is 4.79 Å². The summed E-state index contributed by atoms with van der Waals surface area (Å²) in [6, 6.07) is 5.40. The fourth-order valence-electron chi connectivity index (χ4n) is 1.22. The monoisotopic (exact) mass is 213 g/mol. The lowest BCUT2D eigenvalue weighted by Gasteiger charge is -2.04. The van der Waals surface area contributed by atoms with E-state index in [9.17, 15) is 4.79 Å². The summed E-state index contributed by atoms with van der Waals surface area (Å²) in [6.45, 7) is 0. The topological polar surface area (TPSA) is 63.3 Å². The Morgan fingerprint density at radius 3 is 2.86 bits per heavy atom. The summed E-state index contributed by atoms with van der Waals surface area (Å²) < 4.78 is 0. The van der Waals surface area contributed by atoms with Crippen molar-refractivity contribution in [2.45, 2.75) is 19.3 Å². The summed E-state index contributed by atoms with van der Waals surface area (Å²) in [4.78, 5) is 10.3. The molecule has 1 rings (SSSR count). The molecule has 0 saturated heterocycles. The molecule has 0 unspecified atom stereocenters. The van der Waals surface area contributed by atoms with Gasteiger partial charge < -0.3 is 10.8 Å². The summed E-state index contributed by atoms with van der Waals surface area (Å²) in [5.74, 6) is -0.787. The number of carboxylic acid groups (broad SMARTS) is 1. The molecule has 4 heteroatoms. The molecule has 0 bridgehead atoms. The van der Waals surface area contributed by atoms with Gasteiger partial charge >= 0.3 is 5.97 Å². The Morgan fingerprint density at radius 2 is 2.21 bits per heavy atom. The van der Waals surface area contributed by atoms with E-state index in [-0.39, 0.29) is 6.42 Å². The number of rotatable bonds is 4. The third kappa shape index (κ3) is 2.92. The molecular formula is C10H12ClNO2. The predicted octanol–water partition coefficient (Wildman–Crippen LogP) is 2.33. The molecule has 0 aliphatic heterocycles. The van der Waals surface area contributed by atoms with Crippen LogP contribution in [0.1, 0.15) is 18.4 Å². The number of hydrogen-bond acceptors (Lipinski definition) is 2. The zero-order valence-electron chi connectivity index (χ0n) is 7.66. The van der Waals surface area contributed by atoms with E-state index in [1.165, 1.54) is 0 Å². The highest BCUT2D eigenvalue weighted by molar-refractivity contribution is 6.33. The average Bonchev–Trinajstić information content (AvgIpc) is 2.12. The maximum atomic E-state index is 10.3. The Morgan fingerprint density at radius 1 is 1.50 bits per heavy atom. The van der Waals surface area contributed by atoms with Crippen LogP contribution >= 0.6 is 11.6 Å². The number of nitrogens with two attached hydrogens (primary N) is 1. The number of halogens is 1. The molecule has 0 amide bonds. The maximum Gasteiger partial charge on any atom is 0.303 e. The maximum absolute atomic E-state index is 10.3. The van der Waals surface area contributed by atoms with Gasteiger partial charge in [0.15, 0.2) is 0 Å². The Bertz CT molecular complexity index is 339. The molecule has 0 aliphatic rings. The van der Waals surface area contributed by atoms with Gasteiger partial charge in [-0.15, -0.1) is 0 Å². The number of benzene rings is 1. The minimum absolute atomic E-state index is 0.158. The van der Waals surface area contributed by atoms with Crippen LogP contribution in [0.4, 0.5) is 5.69 Å². The van der Waals surface area contributed by atoms with Crippen LogP contribution in [0.15, 0.2) is 18.2 Å². The average molecular weight is 214 g/mol. The Labute approximate surface area is 87.5 Å². The second-order valence-electron chi connectivity index (χ2n) is 3.07. The fourth-order valence-corrected chi connectivity index (χ4v) is 1.44. The van der Waals surface area contributed by atoms with Crippen molar-refractivity contribution in [2.24, 2.45) is 0 Å². The summed E-state index contributed by atoms with van der Waals surface area (Å²) in [5.41, 5.74) is 7.06. The molecule has 3 nitrogen and oxygen atoms in total. The lowest BCUT2D eigenvalue weighted by Crippen LogP contribution is -1.97. The smallest absolute Gasteiger partial charge is 0.303 e. The summed E-state index contributed by atoms with van der Waals surface area (Å²) >= 11 is 5.94. The summed E-state index contributed by atoms with van der Waals surface area (Å²) in [6.07, 6.45) is 1.39. The highest BCUT2D eigenvalue weighted by Gasteiger charge is 2.04. The standard InChI is InChI=1S/C10H12ClNO2/c11-10-7(3-1-5-8(10)12)4-2-6-9(13)14/h1,3,5H,2,4,6,12H2,(H,13,14). The van der Waals surface area contributed by atoms with Crippen LogP contribution in [0, 0.1) is 0 Å². The Kier molecular flexibility index (Phi) is 3.77. The van der Waals surface area contributed by atoms with Crippen LogP contribution in [0.5, 0.6) is 0 Å². The molecule has 0 spiro atoms. The number of carboxylic acids is 1. The SMILES string of the molecule is Nc1cccc(CCCC(=O)O)c1Cl. The lowest BCUT2D eigenvalue weighted by molar-refractivity contribution is -0.137. The van der Waals surface area contributed by atoms with Gasteiger partial charge in [-0.05, 0) is 24.5 Å². The van der Waals surface area contributed by atoms with Crippen molar-refractivity contribution in [1.29, 1.82) is 0 Å².